The van der Waals surface area contributed by atoms with E-state index in [0.717, 1.165) is 17.9 Å². The van der Waals surface area contributed by atoms with Crippen molar-refractivity contribution in [1.82, 2.24) is 0 Å². The zero-order valence-corrected chi connectivity index (χ0v) is 8.36. The summed E-state index contributed by atoms with van der Waals surface area (Å²) in [5, 5.41) is 9.07. The summed E-state index contributed by atoms with van der Waals surface area (Å²) in [6, 6.07) is 5.94. The Kier molecular flexibility index (Phi) is 2.73. The van der Waals surface area contributed by atoms with Gasteiger partial charge in [-0.25, -0.2) is 0 Å². The summed E-state index contributed by atoms with van der Waals surface area (Å²) in [7, 11) is 0. The van der Waals surface area contributed by atoms with Crippen molar-refractivity contribution in [1.29, 1.82) is 0 Å². The zero-order valence-electron chi connectivity index (χ0n) is 8.36. The van der Waals surface area contributed by atoms with Gasteiger partial charge < -0.3 is 9.84 Å². The molecular formula is C12H15O2. The Balaban J connectivity index is 2.36. The van der Waals surface area contributed by atoms with Crippen molar-refractivity contribution in [3.8, 4) is 5.75 Å². The number of hydrogen-bond donors (Lipinski definition) is 1. The summed E-state index contributed by atoms with van der Waals surface area (Å²) in [4.78, 5) is 0. The molecule has 0 amide bonds. The molecule has 0 aromatic heterocycles. The van der Waals surface area contributed by atoms with Crippen LogP contribution in [0.3, 0.4) is 0 Å². The van der Waals surface area contributed by atoms with Crippen LogP contribution in [0.4, 0.5) is 0 Å². The number of aliphatic hydroxyl groups excluding tert-OH is 1. The average Bonchev–Trinajstić information content (AvgIpc) is 3.02. The van der Waals surface area contributed by atoms with Crippen LogP contribution < -0.4 is 4.74 Å². The maximum atomic E-state index is 9.07. The van der Waals surface area contributed by atoms with Gasteiger partial charge in [0.1, 0.15) is 12.4 Å². The molecule has 0 atom stereocenters. The highest BCUT2D eigenvalue weighted by molar-refractivity contribution is 5.47. The molecule has 2 nitrogen and oxygen atoms in total. The predicted octanol–water partition coefficient (Wildman–Crippen LogP) is 2.85. The Labute approximate surface area is 84.5 Å². The van der Waals surface area contributed by atoms with E-state index in [1.165, 1.54) is 18.4 Å². The van der Waals surface area contributed by atoms with Crippen LogP contribution >= 0.6 is 0 Å². The SMILES string of the molecule is CCOc1c([CH]O)cccc1C1CC1. The van der Waals surface area contributed by atoms with E-state index in [1.807, 2.05) is 19.1 Å². The number of rotatable bonds is 4. The summed E-state index contributed by atoms with van der Waals surface area (Å²) in [5.74, 6) is 1.51. The molecule has 1 radical (unpaired) electrons. The first kappa shape index (κ1) is 9.53. The second-order valence-corrected chi connectivity index (χ2v) is 3.60. The third-order valence-electron chi connectivity index (χ3n) is 2.52. The smallest absolute Gasteiger partial charge is 0.128 e. The molecule has 75 valence electrons. The molecule has 1 aliphatic rings. The Morgan fingerprint density at radius 1 is 1.50 bits per heavy atom. The lowest BCUT2D eigenvalue weighted by atomic mass is 10.1. The van der Waals surface area contributed by atoms with Gasteiger partial charge in [-0.1, -0.05) is 18.2 Å². The van der Waals surface area contributed by atoms with Crippen molar-refractivity contribution in [2.24, 2.45) is 0 Å². The van der Waals surface area contributed by atoms with Crippen LogP contribution in [0.25, 0.3) is 0 Å². The van der Waals surface area contributed by atoms with Gasteiger partial charge in [0.2, 0.25) is 0 Å². The fourth-order valence-electron chi connectivity index (χ4n) is 1.70. The van der Waals surface area contributed by atoms with Crippen LogP contribution in [0.1, 0.15) is 36.8 Å². The number of hydrogen-bond acceptors (Lipinski definition) is 2. The van der Waals surface area contributed by atoms with Gasteiger partial charge in [-0.05, 0) is 31.2 Å². The molecule has 0 saturated heterocycles. The van der Waals surface area contributed by atoms with Crippen LogP contribution in [0.2, 0.25) is 0 Å². The first-order valence-electron chi connectivity index (χ1n) is 5.10. The van der Waals surface area contributed by atoms with Crippen LogP contribution in [0.5, 0.6) is 5.75 Å². The third kappa shape index (κ3) is 1.75. The lowest BCUT2D eigenvalue weighted by Gasteiger charge is -2.12. The summed E-state index contributed by atoms with van der Waals surface area (Å²) >= 11 is 0. The Hall–Kier alpha value is -1.02. The van der Waals surface area contributed by atoms with Gasteiger partial charge in [0.15, 0.2) is 0 Å². The lowest BCUT2D eigenvalue weighted by Crippen LogP contribution is -1.99. The van der Waals surface area contributed by atoms with Crippen LogP contribution in [-0.2, 0) is 0 Å². The molecule has 1 N–H and O–H groups in total. The van der Waals surface area contributed by atoms with Crippen molar-refractivity contribution in [2.45, 2.75) is 25.7 Å². The second kappa shape index (κ2) is 4.01. The molecule has 1 fully saturated rings. The molecule has 1 aromatic rings. The standard InChI is InChI=1S/C12H15O2/c1-2-14-12-10(8-13)4-3-5-11(12)9-6-7-9/h3-5,8-9,13H,2,6-7H2,1H3. The summed E-state index contributed by atoms with van der Waals surface area (Å²) in [5.41, 5.74) is 2.03. The maximum Gasteiger partial charge on any atom is 0.128 e. The highest BCUT2D eigenvalue weighted by Gasteiger charge is 2.27. The molecular weight excluding hydrogens is 176 g/mol. The Morgan fingerprint density at radius 2 is 2.29 bits per heavy atom. The van der Waals surface area contributed by atoms with Gasteiger partial charge in [-0.15, -0.1) is 0 Å². The monoisotopic (exact) mass is 191 g/mol. The van der Waals surface area contributed by atoms with Crippen LogP contribution in [-0.4, -0.2) is 11.7 Å². The van der Waals surface area contributed by atoms with Crippen LogP contribution in [0, 0.1) is 6.61 Å². The second-order valence-electron chi connectivity index (χ2n) is 3.60. The van der Waals surface area contributed by atoms with E-state index in [0.29, 0.717) is 12.5 Å². The quantitative estimate of drug-likeness (QED) is 0.793. The average molecular weight is 191 g/mol. The molecule has 0 aliphatic heterocycles. The molecule has 1 aliphatic carbocycles. The molecule has 2 heteroatoms. The number of benzene rings is 1. The van der Waals surface area contributed by atoms with Crippen molar-refractivity contribution >= 4 is 0 Å². The topological polar surface area (TPSA) is 29.5 Å². The highest BCUT2D eigenvalue weighted by Crippen LogP contribution is 2.45. The largest absolute Gasteiger partial charge is 0.493 e. The molecule has 0 spiro atoms. The summed E-state index contributed by atoms with van der Waals surface area (Å²) in [6.45, 7) is 3.73. The minimum atomic E-state index is 0.643. The van der Waals surface area contributed by atoms with Gasteiger partial charge in [0.05, 0.1) is 6.61 Å². The Morgan fingerprint density at radius 3 is 2.86 bits per heavy atom. The predicted molar refractivity (Wildman–Crippen MR) is 54.9 cm³/mol. The molecule has 14 heavy (non-hydrogen) atoms. The molecule has 1 aromatic carbocycles. The van der Waals surface area contributed by atoms with E-state index in [4.69, 9.17) is 9.84 Å². The number of ether oxygens (including phenoxy) is 1. The van der Waals surface area contributed by atoms with E-state index in [1.54, 1.807) is 0 Å². The van der Waals surface area contributed by atoms with Gasteiger partial charge in [0, 0.05) is 5.56 Å². The van der Waals surface area contributed by atoms with E-state index < -0.39 is 0 Å². The van der Waals surface area contributed by atoms with Gasteiger partial charge >= 0.3 is 0 Å². The number of para-hydroxylation sites is 1. The zero-order chi connectivity index (χ0) is 9.97. The first-order chi connectivity index (χ1) is 6.86. The minimum Gasteiger partial charge on any atom is -0.493 e. The van der Waals surface area contributed by atoms with Crippen molar-refractivity contribution in [3.63, 3.8) is 0 Å². The highest BCUT2D eigenvalue weighted by atomic mass is 16.5. The normalized spacial score (nSPS) is 15.6. The van der Waals surface area contributed by atoms with E-state index >= 15 is 0 Å². The Bertz CT molecular complexity index is 316. The number of aliphatic hydroxyl groups is 1. The van der Waals surface area contributed by atoms with Gasteiger partial charge in [-0.3, -0.25) is 0 Å². The summed E-state index contributed by atoms with van der Waals surface area (Å²) in [6.07, 6.45) is 2.49. The maximum absolute atomic E-state index is 9.07. The van der Waals surface area contributed by atoms with Crippen LogP contribution in [0.15, 0.2) is 18.2 Å². The first-order valence-corrected chi connectivity index (χ1v) is 5.10. The van der Waals surface area contributed by atoms with E-state index in [2.05, 4.69) is 6.07 Å². The van der Waals surface area contributed by atoms with E-state index in [-0.39, 0.29) is 0 Å². The third-order valence-corrected chi connectivity index (χ3v) is 2.52. The van der Waals surface area contributed by atoms with Crippen molar-refractivity contribution in [2.75, 3.05) is 6.61 Å². The molecule has 0 heterocycles. The van der Waals surface area contributed by atoms with Gasteiger partial charge in [-0.2, -0.15) is 0 Å². The van der Waals surface area contributed by atoms with Crippen molar-refractivity contribution in [3.05, 3.63) is 35.9 Å². The van der Waals surface area contributed by atoms with E-state index in [9.17, 15) is 0 Å². The fraction of sp³-hybridized carbons (Fsp3) is 0.417. The minimum absolute atomic E-state index is 0.643. The molecule has 2 rings (SSSR count). The molecule has 0 unspecified atom stereocenters. The van der Waals surface area contributed by atoms with Crippen molar-refractivity contribution < 1.29 is 9.84 Å². The summed E-state index contributed by atoms with van der Waals surface area (Å²) < 4.78 is 5.57. The fourth-order valence-corrected chi connectivity index (χ4v) is 1.70. The van der Waals surface area contributed by atoms with Gasteiger partial charge in [0.25, 0.3) is 0 Å². The molecule has 1 saturated carbocycles. The molecule has 0 bridgehead atoms. The lowest BCUT2D eigenvalue weighted by molar-refractivity contribution is 0.327.